The molecule has 0 unspecified atom stereocenters. The average Bonchev–Trinajstić information content (AvgIpc) is 3.47. The number of amides is 2. The third-order valence-electron chi connectivity index (χ3n) is 7.44. The highest BCUT2D eigenvalue weighted by Crippen LogP contribution is 2.25. The molecule has 3 aromatic rings. The van der Waals surface area contributed by atoms with Gasteiger partial charge in [0.25, 0.3) is 5.91 Å². The minimum absolute atomic E-state index is 0.298. The zero-order chi connectivity index (χ0) is 32.2. The fraction of sp³-hybridized carbons (Fsp3) is 0.387. The number of hydrogen-bond donors (Lipinski definition) is 6. The van der Waals surface area contributed by atoms with Crippen LogP contribution in [0, 0.1) is 0 Å². The molecule has 0 spiro atoms. The number of nitrogens with zero attached hydrogens (tertiary/aromatic N) is 3. The second kappa shape index (κ2) is 13.4. The molecule has 2 aromatic carbocycles. The van der Waals surface area contributed by atoms with Gasteiger partial charge in [0.2, 0.25) is 11.7 Å². The Balaban J connectivity index is 1.41. The van der Waals surface area contributed by atoms with E-state index in [2.05, 4.69) is 40.0 Å². The number of aromatic nitrogens is 3. The number of nitrogens with one attached hydrogen (secondary N) is 2. The fourth-order valence-electron chi connectivity index (χ4n) is 4.88. The summed E-state index contributed by atoms with van der Waals surface area (Å²) < 4.78 is 6.57. The standard InChI is InChI=1S/C31H37N5O8/c1-5-18-6-8-19(9-7-18)20-10-12-21(13-11-20)29(41)33-31(3,4)25-16-36(35-34-25)15-23(39)27(40)28-26(32-17(2)37)22(38)14-24(44-28)30(42)43/h6-14,16,22-23,26-28,38-40H,5,15H2,1-4H3,(H,32,37)(H,33,41)(H,42,43)/t22-,23+,26+,27+,28-/m0/s1. The van der Waals surface area contributed by atoms with Crippen molar-refractivity contribution in [1.82, 2.24) is 25.6 Å². The van der Waals surface area contributed by atoms with Gasteiger partial charge in [0.05, 0.1) is 24.3 Å². The Morgan fingerprint density at radius 1 is 1.05 bits per heavy atom. The molecule has 0 fully saturated rings. The highest BCUT2D eigenvalue weighted by atomic mass is 16.5. The number of aryl methyl sites for hydroxylation is 1. The van der Waals surface area contributed by atoms with E-state index in [4.69, 9.17) is 4.74 Å². The minimum atomic E-state index is -1.74. The van der Waals surface area contributed by atoms with Crippen LogP contribution in [0.25, 0.3) is 11.1 Å². The molecule has 0 bridgehead atoms. The Labute approximate surface area is 254 Å². The lowest BCUT2D eigenvalue weighted by molar-refractivity contribution is -0.148. The molecule has 0 saturated carbocycles. The highest BCUT2D eigenvalue weighted by Gasteiger charge is 2.43. The van der Waals surface area contributed by atoms with Crippen molar-refractivity contribution in [3.63, 3.8) is 0 Å². The Morgan fingerprint density at radius 3 is 2.23 bits per heavy atom. The lowest BCUT2D eigenvalue weighted by Gasteiger charge is -2.38. The first-order valence-corrected chi connectivity index (χ1v) is 14.1. The van der Waals surface area contributed by atoms with Crippen LogP contribution in [-0.4, -0.2) is 83.7 Å². The molecule has 0 saturated heterocycles. The van der Waals surface area contributed by atoms with E-state index in [1.807, 2.05) is 24.3 Å². The van der Waals surface area contributed by atoms with Crippen LogP contribution >= 0.6 is 0 Å². The van der Waals surface area contributed by atoms with Crippen LogP contribution in [0.1, 0.15) is 49.3 Å². The van der Waals surface area contributed by atoms with Crippen molar-refractivity contribution < 1.29 is 39.5 Å². The summed E-state index contributed by atoms with van der Waals surface area (Å²) >= 11 is 0. The Bertz CT molecular complexity index is 1520. The van der Waals surface area contributed by atoms with Gasteiger partial charge in [-0.2, -0.15) is 0 Å². The molecule has 234 valence electrons. The third kappa shape index (κ3) is 7.48. The van der Waals surface area contributed by atoms with Crippen LogP contribution in [0.3, 0.4) is 0 Å². The number of carboxylic acid groups (broad SMARTS) is 1. The molecule has 13 nitrogen and oxygen atoms in total. The molecule has 2 amide bonds. The van der Waals surface area contributed by atoms with Crippen LogP contribution in [0.15, 0.2) is 66.6 Å². The van der Waals surface area contributed by atoms with Crippen LogP contribution in [0.4, 0.5) is 0 Å². The van der Waals surface area contributed by atoms with Gasteiger partial charge in [-0.25, -0.2) is 9.48 Å². The summed E-state index contributed by atoms with van der Waals surface area (Å²) in [6, 6.07) is 14.3. The number of carbonyl (C=O) groups excluding carboxylic acids is 2. The van der Waals surface area contributed by atoms with Crippen LogP contribution in [0.2, 0.25) is 0 Å². The van der Waals surface area contributed by atoms with E-state index >= 15 is 0 Å². The normalized spacial score (nSPS) is 19.7. The molecular formula is C31H37N5O8. The predicted molar refractivity (Wildman–Crippen MR) is 158 cm³/mol. The molecule has 2 heterocycles. The summed E-state index contributed by atoms with van der Waals surface area (Å²) in [7, 11) is 0. The molecule has 4 rings (SSSR count). The first-order chi connectivity index (χ1) is 20.8. The van der Waals surface area contributed by atoms with Crippen LogP contribution in [0.5, 0.6) is 0 Å². The topological polar surface area (TPSA) is 196 Å². The quantitative estimate of drug-likeness (QED) is 0.184. The zero-order valence-corrected chi connectivity index (χ0v) is 24.8. The van der Waals surface area contributed by atoms with E-state index in [0.717, 1.165) is 23.6 Å². The van der Waals surface area contributed by atoms with Gasteiger partial charge >= 0.3 is 5.97 Å². The van der Waals surface area contributed by atoms with Crippen molar-refractivity contribution in [2.24, 2.45) is 0 Å². The van der Waals surface area contributed by atoms with Crippen molar-refractivity contribution in [3.05, 3.63) is 83.4 Å². The molecule has 0 aliphatic carbocycles. The number of rotatable bonds is 11. The van der Waals surface area contributed by atoms with Crippen LogP contribution < -0.4 is 10.6 Å². The maximum atomic E-state index is 13.1. The van der Waals surface area contributed by atoms with Crippen molar-refractivity contribution in [2.75, 3.05) is 0 Å². The molecule has 1 aliphatic heterocycles. The summed E-state index contributed by atoms with van der Waals surface area (Å²) in [5, 5.41) is 54.8. The van der Waals surface area contributed by atoms with Crippen molar-refractivity contribution >= 4 is 17.8 Å². The van der Waals surface area contributed by atoms with Gasteiger partial charge in [-0.05, 0) is 55.2 Å². The number of aliphatic hydroxyl groups excluding tert-OH is 3. The smallest absolute Gasteiger partial charge is 0.370 e. The van der Waals surface area contributed by atoms with Gasteiger partial charge in [-0.15, -0.1) is 5.10 Å². The molecule has 6 N–H and O–H groups in total. The number of ether oxygens (including phenoxy) is 1. The molecule has 1 aliphatic rings. The number of hydrogen-bond acceptors (Lipinski definition) is 9. The summed E-state index contributed by atoms with van der Waals surface area (Å²) in [6.45, 7) is 6.46. The third-order valence-corrected chi connectivity index (χ3v) is 7.44. The molecule has 44 heavy (non-hydrogen) atoms. The van der Waals surface area contributed by atoms with Gasteiger partial charge in [0.1, 0.15) is 24.0 Å². The second-order valence-corrected chi connectivity index (χ2v) is 11.2. The van der Waals surface area contributed by atoms with Gasteiger partial charge in [-0.3, -0.25) is 9.59 Å². The number of benzene rings is 2. The lowest BCUT2D eigenvalue weighted by atomic mass is 9.93. The monoisotopic (exact) mass is 607 g/mol. The largest absolute Gasteiger partial charge is 0.478 e. The summed E-state index contributed by atoms with van der Waals surface area (Å²) in [6.07, 6.45) is -2.93. The van der Waals surface area contributed by atoms with Gasteiger partial charge in [0, 0.05) is 12.5 Å². The Hall–Kier alpha value is -4.59. The first-order valence-electron chi connectivity index (χ1n) is 14.1. The van der Waals surface area contributed by atoms with E-state index in [0.29, 0.717) is 11.3 Å². The molecule has 5 atom stereocenters. The second-order valence-electron chi connectivity index (χ2n) is 11.2. The Morgan fingerprint density at radius 2 is 1.66 bits per heavy atom. The van der Waals surface area contributed by atoms with Crippen molar-refractivity contribution in [3.8, 4) is 11.1 Å². The summed E-state index contributed by atoms with van der Waals surface area (Å²) in [5.41, 5.74) is 3.14. The maximum Gasteiger partial charge on any atom is 0.370 e. The maximum absolute atomic E-state index is 13.1. The average molecular weight is 608 g/mol. The minimum Gasteiger partial charge on any atom is -0.478 e. The molecule has 13 heteroatoms. The van der Waals surface area contributed by atoms with E-state index in [-0.39, 0.29) is 12.5 Å². The molecule has 0 radical (unpaired) electrons. The van der Waals surface area contributed by atoms with Crippen molar-refractivity contribution in [2.45, 2.75) is 76.7 Å². The van der Waals surface area contributed by atoms with Gasteiger partial charge in [0.15, 0.2) is 6.10 Å². The number of aliphatic carboxylic acids is 1. The van der Waals surface area contributed by atoms with E-state index < -0.39 is 53.6 Å². The van der Waals surface area contributed by atoms with Gasteiger partial charge < -0.3 is 35.8 Å². The molecular weight excluding hydrogens is 570 g/mol. The predicted octanol–water partition coefficient (Wildman–Crippen LogP) is 1.13. The van der Waals surface area contributed by atoms with Crippen molar-refractivity contribution in [1.29, 1.82) is 0 Å². The molecule has 1 aromatic heterocycles. The zero-order valence-electron chi connectivity index (χ0n) is 24.8. The van der Waals surface area contributed by atoms with E-state index in [1.165, 1.54) is 23.4 Å². The fourth-order valence-corrected chi connectivity index (χ4v) is 4.88. The summed E-state index contributed by atoms with van der Waals surface area (Å²) in [4.78, 5) is 36.1. The van der Waals surface area contributed by atoms with E-state index in [1.54, 1.807) is 26.0 Å². The number of aliphatic hydroxyl groups is 3. The van der Waals surface area contributed by atoms with Crippen LogP contribution in [-0.2, 0) is 32.8 Å². The SMILES string of the molecule is CCc1ccc(-c2ccc(C(=O)NC(C)(C)c3cn(C[C@@H](O)[C@@H](O)[C@H]4OC(C(=O)O)=C[C@H](O)[C@H]4NC(C)=O)nn3)cc2)cc1. The number of carboxylic acids is 1. The first kappa shape index (κ1) is 32.3. The lowest BCUT2D eigenvalue weighted by Crippen LogP contribution is -2.59. The van der Waals surface area contributed by atoms with E-state index in [9.17, 15) is 34.8 Å². The number of carbonyl (C=O) groups is 3. The Kier molecular flexibility index (Phi) is 9.82. The summed E-state index contributed by atoms with van der Waals surface area (Å²) in [5.74, 6) is -3.00. The van der Waals surface area contributed by atoms with Gasteiger partial charge in [-0.1, -0.05) is 48.5 Å². The highest BCUT2D eigenvalue weighted by molar-refractivity contribution is 5.95.